The molecule has 1 fully saturated rings. The Morgan fingerprint density at radius 3 is 3.00 bits per heavy atom. The highest BCUT2D eigenvalue weighted by atomic mass is 32.1. The molecule has 3 heteroatoms. The average molecular weight is 196 g/mol. The minimum atomic E-state index is 0.449. The molecule has 72 valence electrons. The number of aromatic nitrogens is 1. The zero-order valence-corrected chi connectivity index (χ0v) is 8.81. The molecule has 2 rings (SSSR count). The van der Waals surface area contributed by atoms with Crippen LogP contribution in [0.3, 0.4) is 0 Å². The van der Waals surface area contributed by atoms with E-state index in [1.165, 1.54) is 30.0 Å². The van der Waals surface area contributed by atoms with Crippen LogP contribution in [-0.2, 0) is 6.42 Å². The summed E-state index contributed by atoms with van der Waals surface area (Å²) in [5.41, 5.74) is 7.13. The molecule has 0 aromatic carbocycles. The van der Waals surface area contributed by atoms with Gasteiger partial charge in [-0.1, -0.05) is 0 Å². The third kappa shape index (κ3) is 2.29. The van der Waals surface area contributed by atoms with E-state index in [0.29, 0.717) is 6.04 Å². The van der Waals surface area contributed by atoms with Gasteiger partial charge in [0.15, 0.2) is 0 Å². The second kappa shape index (κ2) is 3.76. The quantitative estimate of drug-likeness (QED) is 0.787. The second-order valence-corrected chi connectivity index (χ2v) is 5.06. The highest BCUT2D eigenvalue weighted by Crippen LogP contribution is 2.27. The van der Waals surface area contributed by atoms with Gasteiger partial charge in [0.2, 0.25) is 0 Å². The summed E-state index contributed by atoms with van der Waals surface area (Å²) in [6.07, 6.45) is 4.82. The van der Waals surface area contributed by atoms with Crippen LogP contribution in [0.25, 0.3) is 0 Å². The number of nitrogens with two attached hydrogens (primary N) is 1. The van der Waals surface area contributed by atoms with Gasteiger partial charge < -0.3 is 5.73 Å². The molecule has 1 aromatic heterocycles. The van der Waals surface area contributed by atoms with Crippen LogP contribution in [0, 0.1) is 12.8 Å². The number of thiazole rings is 1. The molecule has 13 heavy (non-hydrogen) atoms. The van der Waals surface area contributed by atoms with E-state index in [1.807, 2.05) is 0 Å². The number of nitrogens with zero attached hydrogens (tertiary/aromatic N) is 1. The Balaban J connectivity index is 1.91. The van der Waals surface area contributed by atoms with Crippen LogP contribution in [0.15, 0.2) is 5.38 Å². The molecule has 0 aliphatic heterocycles. The van der Waals surface area contributed by atoms with Crippen molar-refractivity contribution in [3.63, 3.8) is 0 Å². The van der Waals surface area contributed by atoms with E-state index >= 15 is 0 Å². The first kappa shape index (κ1) is 9.16. The largest absolute Gasteiger partial charge is 0.328 e. The van der Waals surface area contributed by atoms with Crippen LogP contribution in [0.4, 0.5) is 0 Å². The molecule has 1 heterocycles. The fraction of sp³-hybridized carbons (Fsp3) is 0.700. The van der Waals surface area contributed by atoms with E-state index < -0.39 is 0 Å². The fourth-order valence-electron chi connectivity index (χ4n) is 2.10. The molecular weight excluding hydrogens is 180 g/mol. The van der Waals surface area contributed by atoms with Gasteiger partial charge in [-0.2, -0.15) is 0 Å². The number of aryl methyl sites for hydroxylation is 1. The van der Waals surface area contributed by atoms with Gasteiger partial charge in [-0.05, 0) is 38.5 Å². The molecule has 1 aromatic rings. The summed E-state index contributed by atoms with van der Waals surface area (Å²) < 4.78 is 0. The zero-order chi connectivity index (χ0) is 9.26. The van der Waals surface area contributed by atoms with Crippen molar-refractivity contribution < 1.29 is 0 Å². The van der Waals surface area contributed by atoms with Gasteiger partial charge in [0, 0.05) is 11.4 Å². The maximum absolute atomic E-state index is 5.87. The zero-order valence-electron chi connectivity index (χ0n) is 7.99. The van der Waals surface area contributed by atoms with Crippen molar-refractivity contribution in [1.29, 1.82) is 0 Å². The predicted octanol–water partition coefficient (Wildman–Crippen LogP) is 2.12. The van der Waals surface area contributed by atoms with Gasteiger partial charge in [-0.25, -0.2) is 4.98 Å². The molecule has 0 amide bonds. The number of hydrogen-bond acceptors (Lipinski definition) is 3. The summed E-state index contributed by atoms with van der Waals surface area (Å²) in [5, 5.41) is 3.36. The second-order valence-electron chi connectivity index (χ2n) is 4.00. The maximum atomic E-state index is 5.87. The van der Waals surface area contributed by atoms with Crippen molar-refractivity contribution >= 4 is 11.3 Å². The highest BCUT2D eigenvalue weighted by Gasteiger charge is 2.22. The van der Waals surface area contributed by atoms with E-state index in [9.17, 15) is 0 Å². The van der Waals surface area contributed by atoms with Gasteiger partial charge in [0.25, 0.3) is 0 Å². The van der Waals surface area contributed by atoms with Crippen molar-refractivity contribution in [3.8, 4) is 0 Å². The third-order valence-electron chi connectivity index (χ3n) is 2.75. The van der Waals surface area contributed by atoms with E-state index in [1.54, 1.807) is 11.3 Å². The SMILES string of the molecule is Cc1nc(CC2CCC(N)C2)cs1. The molecule has 1 saturated carbocycles. The molecule has 2 atom stereocenters. The number of hydrogen-bond donors (Lipinski definition) is 1. The van der Waals surface area contributed by atoms with Crippen molar-refractivity contribution in [3.05, 3.63) is 16.1 Å². The molecule has 0 saturated heterocycles. The van der Waals surface area contributed by atoms with Gasteiger partial charge >= 0.3 is 0 Å². The summed E-state index contributed by atoms with van der Waals surface area (Å²) in [4.78, 5) is 4.48. The lowest BCUT2D eigenvalue weighted by Gasteiger charge is -2.05. The Hall–Kier alpha value is -0.410. The summed E-state index contributed by atoms with van der Waals surface area (Å²) in [6.45, 7) is 2.06. The van der Waals surface area contributed by atoms with Crippen LogP contribution >= 0.6 is 11.3 Å². The molecular formula is C10H16N2S. The van der Waals surface area contributed by atoms with E-state index in [2.05, 4.69) is 17.3 Å². The van der Waals surface area contributed by atoms with Crippen LogP contribution in [-0.4, -0.2) is 11.0 Å². The average Bonchev–Trinajstić information content (AvgIpc) is 2.62. The molecule has 0 bridgehead atoms. The molecule has 0 radical (unpaired) electrons. The van der Waals surface area contributed by atoms with Crippen LogP contribution < -0.4 is 5.73 Å². The lowest BCUT2D eigenvalue weighted by Crippen LogP contribution is -2.15. The lowest BCUT2D eigenvalue weighted by molar-refractivity contribution is 0.529. The maximum Gasteiger partial charge on any atom is 0.0897 e. The predicted molar refractivity (Wildman–Crippen MR) is 55.9 cm³/mol. The summed E-state index contributed by atoms with van der Waals surface area (Å²) >= 11 is 1.75. The van der Waals surface area contributed by atoms with Crippen LogP contribution in [0.5, 0.6) is 0 Å². The van der Waals surface area contributed by atoms with Crippen LogP contribution in [0.2, 0.25) is 0 Å². The topological polar surface area (TPSA) is 38.9 Å². The summed E-state index contributed by atoms with van der Waals surface area (Å²) in [6, 6.07) is 0.449. The van der Waals surface area contributed by atoms with Crippen molar-refractivity contribution in [2.24, 2.45) is 11.7 Å². The fourth-order valence-corrected chi connectivity index (χ4v) is 2.72. The highest BCUT2D eigenvalue weighted by molar-refractivity contribution is 7.09. The smallest absolute Gasteiger partial charge is 0.0897 e. The Kier molecular flexibility index (Phi) is 2.65. The number of rotatable bonds is 2. The van der Waals surface area contributed by atoms with Gasteiger partial charge in [0.05, 0.1) is 10.7 Å². The van der Waals surface area contributed by atoms with Gasteiger partial charge in [-0.3, -0.25) is 0 Å². The Bertz CT molecular complexity index is 282. The minimum Gasteiger partial charge on any atom is -0.328 e. The Morgan fingerprint density at radius 1 is 1.62 bits per heavy atom. The minimum absolute atomic E-state index is 0.449. The Morgan fingerprint density at radius 2 is 2.46 bits per heavy atom. The Labute approximate surface area is 83.2 Å². The van der Waals surface area contributed by atoms with Crippen molar-refractivity contribution in [2.75, 3.05) is 0 Å². The van der Waals surface area contributed by atoms with E-state index in [-0.39, 0.29) is 0 Å². The summed E-state index contributed by atoms with van der Waals surface area (Å²) in [7, 11) is 0. The molecule has 2 N–H and O–H groups in total. The first-order valence-corrected chi connectivity index (χ1v) is 5.78. The molecule has 2 unspecified atom stereocenters. The molecule has 1 aliphatic carbocycles. The molecule has 0 spiro atoms. The summed E-state index contributed by atoms with van der Waals surface area (Å²) in [5.74, 6) is 0.788. The van der Waals surface area contributed by atoms with E-state index in [0.717, 1.165) is 12.3 Å². The molecule has 2 nitrogen and oxygen atoms in total. The first-order chi connectivity index (χ1) is 6.24. The van der Waals surface area contributed by atoms with Crippen molar-refractivity contribution in [1.82, 2.24) is 4.98 Å². The van der Waals surface area contributed by atoms with E-state index in [4.69, 9.17) is 5.73 Å². The normalized spacial score (nSPS) is 28.2. The third-order valence-corrected chi connectivity index (χ3v) is 3.57. The standard InChI is InChI=1S/C10H16N2S/c1-7-12-10(6-13-7)5-8-2-3-9(11)4-8/h6,8-9H,2-5,11H2,1H3. The van der Waals surface area contributed by atoms with Crippen molar-refractivity contribution in [2.45, 2.75) is 38.6 Å². The monoisotopic (exact) mass is 196 g/mol. The molecule has 1 aliphatic rings. The van der Waals surface area contributed by atoms with Crippen LogP contribution in [0.1, 0.15) is 30.0 Å². The van der Waals surface area contributed by atoms with Gasteiger partial charge in [0.1, 0.15) is 0 Å². The van der Waals surface area contributed by atoms with Gasteiger partial charge in [-0.15, -0.1) is 11.3 Å². The first-order valence-electron chi connectivity index (χ1n) is 4.90. The lowest BCUT2D eigenvalue weighted by atomic mass is 10.0.